The van der Waals surface area contributed by atoms with Crippen LogP contribution in [0.15, 0.2) is 0 Å². The fourth-order valence-electron chi connectivity index (χ4n) is 0.841. The maximum Gasteiger partial charge on any atom is 0.0212 e. The normalized spacial score (nSPS) is 10.5. The fraction of sp³-hybridized carbons (Fsp3) is 1.00. The smallest absolute Gasteiger partial charge is 0.0212 e. The Labute approximate surface area is 52.3 Å². The summed E-state index contributed by atoms with van der Waals surface area (Å²) in [6, 6.07) is 0.213. The van der Waals surface area contributed by atoms with Crippen molar-refractivity contribution in [2.45, 2.75) is 45.6 Å². The largest absolute Gasteiger partial charge is 0.255 e. The van der Waals surface area contributed by atoms with E-state index >= 15 is 0 Å². The van der Waals surface area contributed by atoms with Crippen LogP contribution in [0, 0.1) is 0 Å². The first-order valence-electron chi connectivity index (χ1n) is 3.52. The third kappa shape index (κ3) is 4.13. The van der Waals surface area contributed by atoms with Crippen LogP contribution in [0.4, 0.5) is 0 Å². The van der Waals surface area contributed by atoms with E-state index in [-0.39, 0.29) is 6.04 Å². The van der Waals surface area contributed by atoms with Crippen LogP contribution in [-0.4, -0.2) is 6.04 Å². The van der Waals surface area contributed by atoms with Crippen LogP contribution in [0.2, 0.25) is 0 Å². The van der Waals surface area contributed by atoms with Gasteiger partial charge in [-0.15, -0.1) is 0 Å². The summed E-state index contributed by atoms with van der Waals surface area (Å²) in [4.78, 5) is 0. The minimum atomic E-state index is 0.213. The van der Waals surface area contributed by atoms with Crippen molar-refractivity contribution < 1.29 is 0 Å². The lowest BCUT2D eigenvalue weighted by Gasteiger charge is -2.04. The molecular weight excluding hydrogens is 98.1 g/mol. The van der Waals surface area contributed by atoms with Crippen molar-refractivity contribution in [3.8, 4) is 0 Å². The van der Waals surface area contributed by atoms with Crippen molar-refractivity contribution in [3.05, 3.63) is 0 Å². The highest BCUT2D eigenvalue weighted by Gasteiger charge is 1.97. The zero-order valence-electron chi connectivity index (χ0n) is 5.91. The van der Waals surface area contributed by atoms with Gasteiger partial charge in [-0.05, 0) is 12.8 Å². The van der Waals surface area contributed by atoms with E-state index in [1.807, 2.05) is 0 Å². The SMILES string of the molecule is CCCC([NH])CCC. The van der Waals surface area contributed by atoms with Gasteiger partial charge in [0.25, 0.3) is 0 Å². The molecule has 1 N–H and O–H groups in total. The monoisotopic (exact) mass is 114 g/mol. The van der Waals surface area contributed by atoms with Crippen LogP contribution in [0.25, 0.3) is 0 Å². The number of hydrogen-bond donors (Lipinski definition) is 0. The van der Waals surface area contributed by atoms with Gasteiger partial charge in [0.1, 0.15) is 0 Å². The molecule has 1 radical (unpaired) electrons. The summed E-state index contributed by atoms with van der Waals surface area (Å²) in [6.07, 6.45) is 4.48. The zero-order valence-corrected chi connectivity index (χ0v) is 5.91. The maximum absolute atomic E-state index is 7.37. The first-order chi connectivity index (χ1) is 3.81. The molecule has 0 aromatic heterocycles. The van der Waals surface area contributed by atoms with Crippen molar-refractivity contribution in [2.24, 2.45) is 0 Å². The summed E-state index contributed by atoms with van der Waals surface area (Å²) in [5, 5.41) is 0. The van der Waals surface area contributed by atoms with Crippen molar-refractivity contribution in [3.63, 3.8) is 0 Å². The van der Waals surface area contributed by atoms with E-state index in [1.54, 1.807) is 0 Å². The van der Waals surface area contributed by atoms with Crippen LogP contribution in [0.1, 0.15) is 39.5 Å². The van der Waals surface area contributed by atoms with Gasteiger partial charge in [-0.1, -0.05) is 26.7 Å². The number of hydrogen-bond acceptors (Lipinski definition) is 0. The molecule has 1 heteroatoms. The maximum atomic E-state index is 7.37. The van der Waals surface area contributed by atoms with Gasteiger partial charge >= 0.3 is 0 Å². The Morgan fingerprint density at radius 3 is 1.75 bits per heavy atom. The molecular formula is C7H16N. The van der Waals surface area contributed by atoms with E-state index in [4.69, 9.17) is 5.73 Å². The van der Waals surface area contributed by atoms with E-state index in [1.165, 1.54) is 0 Å². The number of rotatable bonds is 4. The molecule has 0 saturated carbocycles. The van der Waals surface area contributed by atoms with Crippen LogP contribution < -0.4 is 5.73 Å². The minimum absolute atomic E-state index is 0.213. The Hall–Kier alpha value is -0.0400. The molecule has 0 heterocycles. The summed E-state index contributed by atoms with van der Waals surface area (Å²) in [5.74, 6) is 0. The molecule has 1 nitrogen and oxygen atoms in total. The van der Waals surface area contributed by atoms with Gasteiger partial charge in [0.15, 0.2) is 0 Å². The van der Waals surface area contributed by atoms with Crippen molar-refractivity contribution in [1.82, 2.24) is 5.73 Å². The highest BCUT2D eigenvalue weighted by atomic mass is 14.6. The van der Waals surface area contributed by atoms with E-state index in [0.717, 1.165) is 25.7 Å². The standard InChI is InChI=1S/C7H16N/c1-3-5-7(8)6-4-2/h7-8H,3-6H2,1-2H3. The third-order valence-corrected chi connectivity index (χ3v) is 1.27. The van der Waals surface area contributed by atoms with E-state index in [2.05, 4.69) is 13.8 Å². The van der Waals surface area contributed by atoms with Gasteiger partial charge in [-0.2, -0.15) is 0 Å². The van der Waals surface area contributed by atoms with Crippen LogP contribution in [0.5, 0.6) is 0 Å². The topological polar surface area (TPSA) is 23.8 Å². The van der Waals surface area contributed by atoms with Crippen LogP contribution >= 0.6 is 0 Å². The molecule has 0 saturated heterocycles. The van der Waals surface area contributed by atoms with Crippen molar-refractivity contribution >= 4 is 0 Å². The summed E-state index contributed by atoms with van der Waals surface area (Å²) in [7, 11) is 0. The summed E-state index contributed by atoms with van der Waals surface area (Å²) >= 11 is 0. The Morgan fingerprint density at radius 2 is 1.50 bits per heavy atom. The Balaban J connectivity index is 2.92. The molecule has 0 bridgehead atoms. The molecule has 0 aromatic carbocycles. The first kappa shape index (κ1) is 7.96. The summed E-state index contributed by atoms with van der Waals surface area (Å²) < 4.78 is 0. The summed E-state index contributed by atoms with van der Waals surface area (Å²) in [6.45, 7) is 4.27. The molecule has 0 spiro atoms. The van der Waals surface area contributed by atoms with Gasteiger partial charge in [0.05, 0.1) is 0 Å². The molecule has 0 rings (SSSR count). The lowest BCUT2D eigenvalue weighted by atomic mass is 10.1. The Morgan fingerprint density at radius 1 is 1.12 bits per heavy atom. The lowest BCUT2D eigenvalue weighted by Crippen LogP contribution is -2.06. The average Bonchev–Trinajstić information content (AvgIpc) is 1.68. The second-order valence-corrected chi connectivity index (χ2v) is 2.27. The molecule has 0 amide bonds. The average molecular weight is 114 g/mol. The predicted molar refractivity (Wildman–Crippen MR) is 36.7 cm³/mol. The third-order valence-electron chi connectivity index (χ3n) is 1.27. The van der Waals surface area contributed by atoms with Gasteiger partial charge < -0.3 is 0 Å². The summed E-state index contributed by atoms with van der Waals surface area (Å²) in [5.41, 5.74) is 7.37. The first-order valence-corrected chi connectivity index (χ1v) is 3.52. The Kier molecular flexibility index (Phi) is 5.08. The minimum Gasteiger partial charge on any atom is -0.255 e. The second-order valence-electron chi connectivity index (χ2n) is 2.27. The molecule has 0 atom stereocenters. The van der Waals surface area contributed by atoms with Gasteiger partial charge in [-0.25, -0.2) is 0 Å². The lowest BCUT2D eigenvalue weighted by molar-refractivity contribution is 0.540. The van der Waals surface area contributed by atoms with Crippen LogP contribution in [-0.2, 0) is 0 Å². The van der Waals surface area contributed by atoms with E-state index < -0.39 is 0 Å². The molecule has 8 heavy (non-hydrogen) atoms. The molecule has 0 unspecified atom stereocenters. The van der Waals surface area contributed by atoms with E-state index in [0.29, 0.717) is 0 Å². The molecule has 0 aromatic rings. The molecule has 49 valence electrons. The molecule has 0 fully saturated rings. The van der Waals surface area contributed by atoms with Gasteiger partial charge in [0.2, 0.25) is 0 Å². The van der Waals surface area contributed by atoms with E-state index in [9.17, 15) is 0 Å². The highest BCUT2D eigenvalue weighted by Crippen LogP contribution is 2.01. The van der Waals surface area contributed by atoms with Crippen molar-refractivity contribution in [1.29, 1.82) is 0 Å². The predicted octanol–water partition coefficient (Wildman–Crippen LogP) is 2.24. The quantitative estimate of drug-likeness (QED) is 0.535. The second kappa shape index (κ2) is 5.10. The molecule has 0 aliphatic carbocycles. The van der Waals surface area contributed by atoms with Crippen LogP contribution in [0.3, 0.4) is 0 Å². The fourth-order valence-corrected chi connectivity index (χ4v) is 0.841. The van der Waals surface area contributed by atoms with Crippen molar-refractivity contribution in [2.75, 3.05) is 0 Å². The molecule has 0 aliphatic heterocycles. The highest BCUT2D eigenvalue weighted by molar-refractivity contribution is 4.56. The Bertz CT molecular complexity index is 37.7. The molecule has 0 aliphatic rings. The number of nitrogens with one attached hydrogen (secondary N) is 1. The van der Waals surface area contributed by atoms with Gasteiger partial charge in [0, 0.05) is 6.04 Å². The zero-order chi connectivity index (χ0) is 6.41. The van der Waals surface area contributed by atoms with Gasteiger partial charge in [-0.3, -0.25) is 5.73 Å².